The molecule has 1 aliphatic carbocycles. The summed E-state index contributed by atoms with van der Waals surface area (Å²) < 4.78 is 6.07. The van der Waals surface area contributed by atoms with Crippen molar-refractivity contribution in [3.63, 3.8) is 0 Å². The fourth-order valence-electron chi connectivity index (χ4n) is 5.39. The van der Waals surface area contributed by atoms with Gasteiger partial charge in [-0.3, -0.25) is 4.90 Å². The smallest absolute Gasteiger partial charge is 0.0767 e. The number of rotatable bonds is 4. The van der Waals surface area contributed by atoms with Crippen molar-refractivity contribution in [3.05, 3.63) is 35.4 Å². The van der Waals surface area contributed by atoms with E-state index < -0.39 is 0 Å². The van der Waals surface area contributed by atoms with Crippen molar-refractivity contribution < 1.29 is 4.74 Å². The molecule has 2 atom stereocenters. The molecule has 2 nitrogen and oxygen atoms in total. The van der Waals surface area contributed by atoms with E-state index in [9.17, 15) is 0 Å². The minimum atomic E-state index is 0. The van der Waals surface area contributed by atoms with Crippen LogP contribution in [0, 0.1) is 0 Å². The molecule has 0 spiro atoms. The molecule has 1 saturated carbocycles. The summed E-state index contributed by atoms with van der Waals surface area (Å²) in [5, 5.41) is 0. The largest absolute Gasteiger partial charge is 0.379 e. The second kappa shape index (κ2) is 12.2. The van der Waals surface area contributed by atoms with Crippen molar-refractivity contribution in [1.82, 2.24) is 4.90 Å². The van der Waals surface area contributed by atoms with E-state index in [2.05, 4.69) is 43.0 Å². The van der Waals surface area contributed by atoms with Crippen molar-refractivity contribution in [3.8, 4) is 0 Å². The summed E-state index contributed by atoms with van der Waals surface area (Å²) >= 11 is 0. The van der Waals surface area contributed by atoms with Crippen LogP contribution in [0.25, 0.3) is 0 Å². The van der Waals surface area contributed by atoms with Gasteiger partial charge in [0, 0.05) is 25.6 Å². The average Bonchev–Trinajstić information content (AvgIpc) is 2.71. The molecule has 2 aliphatic rings. The van der Waals surface area contributed by atoms with Gasteiger partial charge in [-0.05, 0) is 42.9 Å². The van der Waals surface area contributed by atoms with Crippen LogP contribution in [0.4, 0.5) is 0 Å². The third-order valence-corrected chi connectivity index (χ3v) is 7.00. The highest BCUT2D eigenvalue weighted by Crippen LogP contribution is 2.36. The van der Waals surface area contributed by atoms with Crippen LogP contribution in [0.15, 0.2) is 24.3 Å². The number of ether oxygens (including phenoxy) is 1. The molecule has 2 fully saturated rings. The molecule has 0 N–H and O–H groups in total. The number of methoxy groups -OCH3 is 1. The minimum absolute atomic E-state index is 0. The third kappa shape index (κ3) is 6.21. The van der Waals surface area contributed by atoms with Gasteiger partial charge in [-0.15, -0.1) is 12.4 Å². The summed E-state index contributed by atoms with van der Waals surface area (Å²) in [6.07, 6.45) is 14.4. The van der Waals surface area contributed by atoms with Gasteiger partial charge >= 0.3 is 0 Å². The number of benzene rings is 1. The van der Waals surface area contributed by atoms with Crippen LogP contribution < -0.4 is 0 Å². The van der Waals surface area contributed by atoms with Crippen molar-refractivity contribution in [2.45, 2.75) is 102 Å². The lowest BCUT2D eigenvalue weighted by Gasteiger charge is -2.43. The van der Waals surface area contributed by atoms with E-state index in [1.54, 1.807) is 0 Å². The van der Waals surface area contributed by atoms with Gasteiger partial charge in [0.05, 0.1) is 6.10 Å². The molecule has 28 heavy (non-hydrogen) atoms. The molecule has 0 bridgehead atoms. The molecule has 2 unspecified atom stereocenters. The fourth-order valence-corrected chi connectivity index (χ4v) is 5.39. The Morgan fingerprint density at radius 1 is 0.893 bits per heavy atom. The monoisotopic (exact) mass is 407 g/mol. The summed E-state index contributed by atoms with van der Waals surface area (Å²) in [6.45, 7) is 6.98. The minimum Gasteiger partial charge on any atom is -0.379 e. The quantitative estimate of drug-likeness (QED) is 0.536. The summed E-state index contributed by atoms with van der Waals surface area (Å²) in [5.41, 5.74) is 3.04. The highest BCUT2D eigenvalue weighted by Gasteiger charge is 2.34. The number of likely N-dealkylation sites (tertiary alicyclic amines) is 1. The molecule has 160 valence electrons. The van der Waals surface area contributed by atoms with E-state index in [1.165, 1.54) is 81.9 Å². The van der Waals surface area contributed by atoms with Gasteiger partial charge in [0.2, 0.25) is 0 Å². The zero-order valence-corrected chi connectivity index (χ0v) is 19.2. The number of nitrogens with zero attached hydrogens (tertiary/aromatic N) is 1. The van der Waals surface area contributed by atoms with Gasteiger partial charge in [0.15, 0.2) is 0 Å². The Morgan fingerprint density at radius 3 is 2.11 bits per heavy atom. The van der Waals surface area contributed by atoms with Crippen molar-refractivity contribution >= 4 is 12.4 Å². The molecule has 0 amide bonds. The first-order chi connectivity index (χ1) is 13.2. The molecule has 3 rings (SSSR count). The normalized spacial score (nSPS) is 26.0. The van der Waals surface area contributed by atoms with Crippen molar-refractivity contribution in [1.29, 1.82) is 0 Å². The number of hydrogen-bond donors (Lipinski definition) is 0. The van der Waals surface area contributed by atoms with Crippen LogP contribution in [-0.2, 0) is 4.74 Å². The first-order valence-electron chi connectivity index (χ1n) is 11.6. The molecule has 3 heteroatoms. The first kappa shape index (κ1) is 23.7. The Hall–Kier alpha value is -0.570. The number of halogens is 1. The van der Waals surface area contributed by atoms with Crippen LogP contribution in [0.1, 0.15) is 101 Å². The molecular weight excluding hydrogens is 366 g/mol. The Kier molecular flexibility index (Phi) is 10.3. The standard InChI is InChI=1S/C25H41NO.ClH/c1-20(2)22-15-11-12-16-23(22)24-17-18-26(19-25(24)27-3)21-13-9-7-5-4-6-8-10-14-21;/h11-12,15-16,20-21,24-25H,4-10,13-14,17-19H2,1-3H3;1H. The van der Waals surface area contributed by atoms with Crippen LogP contribution in [0.3, 0.4) is 0 Å². The van der Waals surface area contributed by atoms with E-state index in [0.717, 1.165) is 12.6 Å². The lowest BCUT2D eigenvalue weighted by molar-refractivity contribution is -0.00491. The van der Waals surface area contributed by atoms with Gasteiger partial charge in [-0.2, -0.15) is 0 Å². The van der Waals surface area contributed by atoms with Gasteiger partial charge < -0.3 is 4.74 Å². The molecular formula is C25H42ClNO. The molecule has 1 saturated heterocycles. The molecule has 1 aromatic carbocycles. The van der Waals surface area contributed by atoms with E-state index in [-0.39, 0.29) is 12.4 Å². The maximum absolute atomic E-state index is 6.07. The Labute approximate surface area is 179 Å². The predicted octanol–water partition coefficient (Wildman–Crippen LogP) is 6.93. The number of piperidine rings is 1. The lowest BCUT2D eigenvalue weighted by atomic mass is 9.81. The zero-order chi connectivity index (χ0) is 19.1. The topological polar surface area (TPSA) is 12.5 Å². The van der Waals surface area contributed by atoms with Gasteiger partial charge in [-0.1, -0.05) is 83.1 Å². The second-order valence-electron chi connectivity index (χ2n) is 9.15. The molecule has 1 aliphatic heterocycles. The van der Waals surface area contributed by atoms with Crippen LogP contribution in [0.5, 0.6) is 0 Å². The van der Waals surface area contributed by atoms with Gasteiger partial charge in [-0.25, -0.2) is 0 Å². The summed E-state index contributed by atoms with van der Waals surface area (Å²) in [5.74, 6) is 1.12. The van der Waals surface area contributed by atoms with Crippen LogP contribution in [-0.4, -0.2) is 37.2 Å². The molecule has 1 aromatic rings. The second-order valence-corrected chi connectivity index (χ2v) is 9.15. The Morgan fingerprint density at radius 2 is 1.50 bits per heavy atom. The summed E-state index contributed by atoms with van der Waals surface area (Å²) in [7, 11) is 1.92. The molecule has 0 aromatic heterocycles. The lowest BCUT2D eigenvalue weighted by Crippen LogP contribution is -2.48. The summed E-state index contributed by atoms with van der Waals surface area (Å²) in [6, 6.07) is 9.85. The van der Waals surface area contributed by atoms with Crippen LogP contribution in [0.2, 0.25) is 0 Å². The molecule has 1 heterocycles. The van der Waals surface area contributed by atoms with Crippen molar-refractivity contribution in [2.75, 3.05) is 20.2 Å². The van der Waals surface area contributed by atoms with Gasteiger partial charge in [0.1, 0.15) is 0 Å². The fraction of sp³-hybridized carbons (Fsp3) is 0.760. The van der Waals surface area contributed by atoms with Gasteiger partial charge in [0.25, 0.3) is 0 Å². The maximum atomic E-state index is 6.07. The zero-order valence-electron chi connectivity index (χ0n) is 18.4. The highest BCUT2D eigenvalue weighted by molar-refractivity contribution is 5.85. The Balaban J connectivity index is 0.00000280. The predicted molar refractivity (Wildman–Crippen MR) is 123 cm³/mol. The maximum Gasteiger partial charge on any atom is 0.0767 e. The summed E-state index contributed by atoms with van der Waals surface area (Å²) in [4.78, 5) is 2.78. The van der Waals surface area contributed by atoms with E-state index in [0.29, 0.717) is 17.9 Å². The third-order valence-electron chi connectivity index (χ3n) is 7.00. The average molecular weight is 408 g/mol. The SMILES string of the molecule is COC1CN(C2CCCCCCCCC2)CCC1c1ccccc1C(C)C.Cl. The Bertz CT molecular complexity index is 551. The molecule has 0 radical (unpaired) electrons. The van der Waals surface area contributed by atoms with E-state index >= 15 is 0 Å². The first-order valence-corrected chi connectivity index (χ1v) is 11.6. The van der Waals surface area contributed by atoms with Crippen molar-refractivity contribution in [2.24, 2.45) is 0 Å². The highest BCUT2D eigenvalue weighted by atomic mass is 35.5. The van der Waals surface area contributed by atoms with Crippen LogP contribution >= 0.6 is 12.4 Å². The number of hydrogen-bond acceptors (Lipinski definition) is 2. The van der Waals surface area contributed by atoms with E-state index in [1.807, 2.05) is 7.11 Å². The van der Waals surface area contributed by atoms with E-state index in [4.69, 9.17) is 4.74 Å².